The molecule has 2 rings (SSSR count). The van der Waals surface area contributed by atoms with E-state index in [9.17, 15) is 19.7 Å². The fraction of sp³-hybridized carbons (Fsp3) is 0. The molecule has 0 aromatic heterocycles. The standard InChI is InChI=1S/C14H10N2O5/c17-9-10-4-6-13(7-5-10)21-14(18)15-11-2-1-3-12(8-11)16(19)20/h1-9H,(H,15,18). The van der Waals surface area contributed by atoms with Crippen molar-refractivity contribution < 1.29 is 19.2 Å². The molecule has 7 nitrogen and oxygen atoms in total. The zero-order valence-corrected chi connectivity index (χ0v) is 10.7. The molecule has 0 aliphatic rings. The highest BCUT2D eigenvalue weighted by Crippen LogP contribution is 2.18. The number of carbonyl (C=O) groups is 2. The maximum atomic E-state index is 11.6. The lowest BCUT2D eigenvalue weighted by molar-refractivity contribution is -0.384. The molecule has 0 fully saturated rings. The molecule has 0 saturated carbocycles. The summed E-state index contributed by atoms with van der Waals surface area (Å²) in [6.07, 6.45) is -0.109. The van der Waals surface area contributed by atoms with Crippen molar-refractivity contribution in [2.45, 2.75) is 0 Å². The maximum absolute atomic E-state index is 11.6. The van der Waals surface area contributed by atoms with E-state index in [0.717, 1.165) is 0 Å². The Hall–Kier alpha value is -3.22. The number of rotatable bonds is 4. The Bertz CT molecular complexity index is 682. The summed E-state index contributed by atoms with van der Waals surface area (Å²) in [5.74, 6) is 0.253. The van der Waals surface area contributed by atoms with Gasteiger partial charge in [-0.15, -0.1) is 0 Å². The van der Waals surface area contributed by atoms with Crippen molar-refractivity contribution in [2.24, 2.45) is 0 Å². The molecule has 0 bridgehead atoms. The molecule has 21 heavy (non-hydrogen) atoms. The summed E-state index contributed by atoms with van der Waals surface area (Å²) in [6, 6.07) is 11.4. The number of non-ortho nitro benzene ring substituents is 1. The SMILES string of the molecule is O=Cc1ccc(OC(=O)Nc2cccc([N+](=O)[O-])c2)cc1. The van der Waals surface area contributed by atoms with E-state index in [1.54, 1.807) is 0 Å². The Morgan fingerprint density at radius 1 is 1.19 bits per heavy atom. The first kappa shape index (κ1) is 14.2. The van der Waals surface area contributed by atoms with Crippen molar-refractivity contribution in [3.8, 4) is 5.75 Å². The second-order valence-electron chi connectivity index (χ2n) is 4.01. The largest absolute Gasteiger partial charge is 0.417 e. The number of amides is 1. The second-order valence-corrected chi connectivity index (χ2v) is 4.01. The molecule has 0 unspecified atom stereocenters. The van der Waals surface area contributed by atoms with Crippen LogP contribution in [0.25, 0.3) is 0 Å². The van der Waals surface area contributed by atoms with Crippen LogP contribution in [0, 0.1) is 10.1 Å². The van der Waals surface area contributed by atoms with Crippen LogP contribution in [-0.4, -0.2) is 17.3 Å². The Kier molecular flexibility index (Phi) is 4.25. The van der Waals surface area contributed by atoms with Gasteiger partial charge in [-0.2, -0.15) is 0 Å². The highest BCUT2D eigenvalue weighted by Gasteiger charge is 2.09. The van der Waals surface area contributed by atoms with Crippen LogP contribution in [0.5, 0.6) is 5.75 Å². The van der Waals surface area contributed by atoms with Crippen LogP contribution in [0.4, 0.5) is 16.2 Å². The van der Waals surface area contributed by atoms with E-state index in [1.807, 2.05) is 0 Å². The van der Waals surface area contributed by atoms with Gasteiger partial charge in [-0.05, 0) is 30.3 Å². The molecular weight excluding hydrogens is 276 g/mol. The zero-order valence-electron chi connectivity index (χ0n) is 10.7. The van der Waals surface area contributed by atoms with Gasteiger partial charge in [-0.25, -0.2) is 4.79 Å². The number of carbonyl (C=O) groups excluding carboxylic acids is 2. The highest BCUT2D eigenvalue weighted by atomic mass is 16.6. The molecule has 2 aromatic rings. The molecular formula is C14H10N2O5. The molecule has 0 aliphatic carbocycles. The third kappa shape index (κ3) is 3.87. The van der Waals surface area contributed by atoms with Crippen molar-refractivity contribution in [1.82, 2.24) is 0 Å². The summed E-state index contributed by atoms with van der Waals surface area (Å²) >= 11 is 0. The van der Waals surface area contributed by atoms with E-state index < -0.39 is 11.0 Å². The van der Waals surface area contributed by atoms with Crippen LogP contribution < -0.4 is 10.1 Å². The Labute approximate surface area is 119 Å². The molecule has 0 radical (unpaired) electrons. The number of benzene rings is 2. The third-order valence-electron chi connectivity index (χ3n) is 2.53. The van der Waals surface area contributed by atoms with Crippen molar-refractivity contribution in [3.63, 3.8) is 0 Å². The molecule has 0 saturated heterocycles. The zero-order chi connectivity index (χ0) is 15.2. The predicted octanol–water partition coefficient (Wildman–Crippen LogP) is 3.02. The minimum Gasteiger partial charge on any atom is -0.410 e. The molecule has 0 spiro atoms. The van der Waals surface area contributed by atoms with E-state index in [2.05, 4.69) is 5.32 Å². The first-order chi connectivity index (χ1) is 10.1. The smallest absolute Gasteiger partial charge is 0.410 e. The van der Waals surface area contributed by atoms with E-state index in [4.69, 9.17) is 4.74 Å². The van der Waals surface area contributed by atoms with E-state index in [0.29, 0.717) is 11.8 Å². The predicted molar refractivity (Wildman–Crippen MR) is 74.6 cm³/mol. The molecule has 0 heterocycles. The molecule has 7 heteroatoms. The van der Waals surface area contributed by atoms with Crippen LogP contribution in [0.15, 0.2) is 48.5 Å². The quantitative estimate of drug-likeness (QED) is 0.529. The highest BCUT2D eigenvalue weighted by molar-refractivity contribution is 5.86. The first-order valence-electron chi connectivity index (χ1n) is 5.87. The van der Waals surface area contributed by atoms with Crippen molar-refractivity contribution in [2.75, 3.05) is 5.32 Å². The van der Waals surface area contributed by atoms with Gasteiger partial charge in [0, 0.05) is 17.7 Å². The van der Waals surface area contributed by atoms with E-state index in [-0.39, 0.29) is 17.1 Å². The number of aldehydes is 1. The van der Waals surface area contributed by atoms with Gasteiger partial charge in [-0.1, -0.05) is 6.07 Å². The minimum atomic E-state index is -0.783. The lowest BCUT2D eigenvalue weighted by atomic mass is 10.2. The van der Waals surface area contributed by atoms with Gasteiger partial charge in [0.25, 0.3) is 5.69 Å². The molecule has 1 N–H and O–H groups in total. The number of ether oxygens (including phenoxy) is 1. The summed E-state index contributed by atoms with van der Waals surface area (Å²) in [5.41, 5.74) is 0.572. The number of nitrogens with zero attached hydrogens (tertiary/aromatic N) is 1. The summed E-state index contributed by atoms with van der Waals surface area (Å²) < 4.78 is 4.98. The van der Waals surface area contributed by atoms with Crippen LogP contribution >= 0.6 is 0 Å². The lowest BCUT2D eigenvalue weighted by Crippen LogP contribution is -2.16. The van der Waals surface area contributed by atoms with Crippen molar-refractivity contribution in [1.29, 1.82) is 0 Å². The number of nitrogens with one attached hydrogen (secondary N) is 1. The van der Waals surface area contributed by atoms with E-state index in [1.165, 1.54) is 48.5 Å². The number of nitro benzene ring substituents is 1. The fourth-order valence-corrected chi connectivity index (χ4v) is 1.56. The topological polar surface area (TPSA) is 98.5 Å². The van der Waals surface area contributed by atoms with Gasteiger partial charge >= 0.3 is 6.09 Å². The van der Waals surface area contributed by atoms with Crippen LogP contribution in [0.2, 0.25) is 0 Å². The Balaban J connectivity index is 2.02. The summed E-state index contributed by atoms with van der Waals surface area (Å²) in [4.78, 5) is 32.2. The molecule has 2 aromatic carbocycles. The normalized spacial score (nSPS) is 9.71. The van der Waals surface area contributed by atoms with Gasteiger partial charge in [0.1, 0.15) is 12.0 Å². The monoisotopic (exact) mass is 286 g/mol. The van der Waals surface area contributed by atoms with Gasteiger partial charge in [0.05, 0.1) is 10.6 Å². The number of anilines is 1. The lowest BCUT2D eigenvalue weighted by Gasteiger charge is -2.06. The Morgan fingerprint density at radius 2 is 1.90 bits per heavy atom. The van der Waals surface area contributed by atoms with Gasteiger partial charge in [-0.3, -0.25) is 20.2 Å². The molecule has 106 valence electrons. The van der Waals surface area contributed by atoms with Crippen molar-refractivity contribution in [3.05, 3.63) is 64.2 Å². The van der Waals surface area contributed by atoms with Crippen LogP contribution in [-0.2, 0) is 0 Å². The molecule has 0 aliphatic heterocycles. The van der Waals surface area contributed by atoms with Gasteiger partial charge in [0.15, 0.2) is 0 Å². The van der Waals surface area contributed by atoms with E-state index >= 15 is 0 Å². The average molecular weight is 286 g/mol. The number of nitro groups is 1. The summed E-state index contributed by atoms with van der Waals surface area (Å²) in [5, 5.41) is 13.0. The second kappa shape index (κ2) is 6.29. The van der Waals surface area contributed by atoms with Crippen LogP contribution in [0.1, 0.15) is 10.4 Å². The van der Waals surface area contributed by atoms with Crippen LogP contribution in [0.3, 0.4) is 0 Å². The summed E-state index contributed by atoms with van der Waals surface area (Å²) in [6.45, 7) is 0. The Morgan fingerprint density at radius 3 is 2.52 bits per heavy atom. The summed E-state index contributed by atoms with van der Waals surface area (Å²) in [7, 11) is 0. The number of hydrogen-bond donors (Lipinski definition) is 1. The third-order valence-corrected chi connectivity index (χ3v) is 2.53. The number of hydrogen-bond acceptors (Lipinski definition) is 5. The fourth-order valence-electron chi connectivity index (χ4n) is 1.56. The maximum Gasteiger partial charge on any atom is 0.417 e. The van der Waals surface area contributed by atoms with Gasteiger partial charge in [0.2, 0.25) is 0 Å². The molecule has 0 atom stereocenters. The molecule has 1 amide bonds. The van der Waals surface area contributed by atoms with Crippen molar-refractivity contribution >= 4 is 23.8 Å². The van der Waals surface area contributed by atoms with Gasteiger partial charge < -0.3 is 4.74 Å². The first-order valence-corrected chi connectivity index (χ1v) is 5.87. The minimum absolute atomic E-state index is 0.136. The average Bonchev–Trinajstić information content (AvgIpc) is 2.48.